The van der Waals surface area contributed by atoms with Crippen LogP contribution in [0.5, 0.6) is 0 Å². The Balaban J connectivity index is 2.08. The first kappa shape index (κ1) is 26.4. The molecule has 0 bridgehead atoms. The van der Waals surface area contributed by atoms with Crippen LogP contribution in [0.3, 0.4) is 0 Å². The molecule has 0 saturated carbocycles. The molecule has 0 radical (unpaired) electrons. The van der Waals surface area contributed by atoms with Crippen LogP contribution in [0.15, 0.2) is 23.8 Å². The molecule has 1 aliphatic carbocycles. The van der Waals surface area contributed by atoms with Crippen LogP contribution in [0.25, 0.3) is 0 Å². The SMILES string of the molecule is CC(C)=CCCC(C)CCOC(C)(C)CCCC(C)CCOC1CC=CCC1O. The molecule has 0 spiro atoms. The van der Waals surface area contributed by atoms with Crippen LogP contribution in [-0.2, 0) is 9.47 Å². The lowest BCUT2D eigenvalue weighted by molar-refractivity contribution is -0.0419. The van der Waals surface area contributed by atoms with E-state index < -0.39 is 0 Å². The topological polar surface area (TPSA) is 38.7 Å². The van der Waals surface area contributed by atoms with Gasteiger partial charge in [-0.05, 0) is 84.5 Å². The van der Waals surface area contributed by atoms with E-state index in [0.717, 1.165) is 51.2 Å². The second-order valence-electron chi connectivity index (χ2n) is 10.1. The van der Waals surface area contributed by atoms with Crippen LogP contribution in [0.4, 0.5) is 0 Å². The largest absolute Gasteiger partial charge is 0.390 e. The maximum absolute atomic E-state index is 9.94. The van der Waals surface area contributed by atoms with Gasteiger partial charge in [0.05, 0.1) is 17.8 Å². The molecule has 4 unspecified atom stereocenters. The molecule has 0 amide bonds. The summed E-state index contributed by atoms with van der Waals surface area (Å²) in [6, 6.07) is 0. The third-order valence-electron chi connectivity index (χ3n) is 6.08. The molecular formula is C26H48O3. The van der Waals surface area contributed by atoms with Gasteiger partial charge in [0, 0.05) is 13.2 Å². The fraction of sp³-hybridized carbons (Fsp3) is 0.846. The zero-order chi connectivity index (χ0) is 21.7. The molecule has 170 valence electrons. The number of hydrogen-bond acceptors (Lipinski definition) is 3. The summed E-state index contributed by atoms with van der Waals surface area (Å²) in [6.07, 6.45) is 15.9. The first-order valence-corrected chi connectivity index (χ1v) is 11.9. The number of ether oxygens (including phenoxy) is 2. The average Bonchev–Trinajstić information content (AvgIpc) is 2.62. The molecule has 29 heavy (non-hydrogen) atoms. The minimum atomic E-state index is -0.330. The molecule has 1 rings (SSSR count). The van der Waals surface area contributed by atoms with Gasteiger partial charge in [-0.1, -0.05) is 50.5 Å². The fourth-order valence-corrected chi connectivity index (χ4v) is 3.80. The van der Waals surface area contributed by atoms with E-state index in [2.05, 4.69) is 53.7 Å². The van der Waals surface area contributed by atoms with Crippen molar-refractivity contribution in [3.8, 4) is 0 Å². The molecule has 3 nitrogen and oxygen atoms in total. The normalized spacial score (nSPS) is 21.8. The van der Waals surface area contributed by atoms with Gasteiger partial charge >= 0.3 is 0 Å². The molecule has 0 heterocycles. The van der Waals surface area contributed by atoms with Gasteiger partial charge < -0.3 is 14.6 Å². The maximum Gasteiger partial charge on any atom is 0.0871 e. The molecule has 0 aromatic rings. The standard InChI is InChI=1S/C26H48O3/c1-21(2)11-9-12-22(3)17-20-29-26(5,6)18-10-13-23(4)16-19-28-25-15-8-7-14-24(25)27/h7-8,11,22-25,27H,9-10,12-20H2,1-6H3. The lowest BCUT2D eigenvalue weighted by Crippen LogP contribution is -2.30. The fourth-order valence-electron chi connectivity index (χ4n) is 3.80. The molecule has 4 atom stereocenters. The van der Waals surface area contributed by atoms with E-state index in [-0.39, 0.29) is 17.8 Å². The van der Waals surface area contributed by atoms with Gasteiger partial charge in [0.2, 0.25) is 0 Å². The highest BCUT2D eigenvalue weighted by Gasteiger charge is 2.21. The van der Waals surface area contributed by atoms with E-state index in [4.69, 9.17) is 9.47 Å². The highest BCUT2D eigenvalue weighted by atomic mass is 16.5. The van der Waals surface area contributed by atoms with Crippen molar-refractivity contribution < 1.29 is 14.6 Å². The Bertz CT molecular complexity index is 476. The summed E-state index contributed by atoms with van der Waals surface area (Å²) < 4.78 is 12.1. The van der Waals surface area contributed by atoms with Crippen LogP contribution in [0.2, 0.25) is 0 Å². The quantitative estimate of drug-likeness (QED) is 0.301. The molecule has 1 aliphatic rings. The average molecular weight is 409 g/mol. The summed E-state index contributed by atoms with van der Waals surface area (Å²) in [4.78, 5) is 0. The third kappa shape index (κ3) is 13.3. The van der Waals surface area contributed by atoms with Crippen molar-refractivity contribution in [1.82, 2.24) is 0 Å². The number of aliphatic hydroxyl groups excluding tert-OH is 1. The number of rotatable bonds is 15. The van der Waals surface area contributed by atoms with E-state index in [1.807, 2.05) is 6.08 Å². The van der Waals surface area contributed by atoms with Crippen molar-refractivity contribution in [1.29, 1.82) is 0 Å². The summed E-state index contributed by atoms with van der Waals surface area (Å²) in [7, 11) is 0. The number of allylic oxidation sites excluding steroid dienone is 2. The molecule has 3 heteroatoms. The van der Waals surface area contributed by atoms with Crippen LogP contribution < -0.4 is 0 Å². The van der Waals surface area contributed by atoms with Gasteiger partial charge in [-0.15, -0.1) is 0 Å². The highest BCUT2D eigenvalue weighted by molar-refractivity contribution is 4.95. The van der Waals surface area contributed by atoms with E-state index >= 15 is 0 Å². The predicted molar refractivity (Wildman–Crippen MR) is 124 cm³/mol. The minimum absolute atomic E-state index is 0.0102. The molecule has 0 fully saturated rings. The lowest BCUT2D eigenvalue weighted by atomic mass is 9.95. The van der Waals surface area contributed by atoms with E-state index in [9.17, 15) is 5.11 Å². The van der Waals surface area contributed by atoms with Gasteiger partial charge in [0.1, 0.15) is 0 Å². The first-order chi connectivity index (χ1) is 13.7. The molecular weight excluding hydrogens is 360 g/mol. The monoisotopic (exact) mass is 408 g/mol. The number of hydrogen-bond donors (Lipinski definition) is 1. The van der Waals surface area contributed by atoms with Crippen LogP contribution in [0.1, 0.15) is 99.3 Å². The summed E-state index contributed by atoms with van der Waals surface area (Å²) in [5.74, 6) is 1.37. The van der Waals surface area contributed by atoms with Gasteiger partial charge in [-0.2, -0.15) is 0 Å². The van der Waals surface area contributed by atoms with Crippen molar-refractivity contribution in [2.24, 2.45) is 11.8 Å². The summed E-state index contributed by atoms with van der Waals surface area (Å²) >= 11 is 0. The minimum Gasteiger partial charge on any atom is -0.390 e. The third-order valence-corrected chi connectivity index (χ3v) is 6.08. The van der Waals surface area contributed by atoms with Crippen molar-refractivity contribution in [3.63, 3.8) is 0 Å². The van der Waals surface area contributed by atoms with Crippen molar-refractivity contribution in [2.45, 2.75) is 117 Å². The van der Waals surface area contributed by atoms with E-state index in [0.29, 0.717) is 5.92 Å². The maximum atomic E-state index is 9.94. The summed E-state index contributed by atoms with van der Waals surface area (Å²) in [5, 5.41) is 9.94. The van der Waals surface area contributed by atoms with Crippen LogP contribution in [-0.4, -0.2) is 36.1 Å². The lowest BCUT2D eigenvalue weighted by Gasteiger charge is -2.27. The van der Waals surface area contributed by atoms with Crippen molar-refractivity contribution in [2.75, 3.05) is 13.2 Å². The summed E-state index contributed by atoms with van der Waals surface area (Å²) in [6.45, 7) is 15.1. The van der Waals surface area contributed by atoms with Crippen molar-refractivity contribution >= 4 is 0 Å². The zero-order valence-corrected chi connectivity index (χ0v) is 20.1. The van der Waals surface area contributed by atoms with Gasteiger partial charge in [0.25, 0.3) is 0 Å². The molecule has 0 saturated heterocycles. The van der Waals surface area contributed by atoms with Crippen molar-refractivity contribution in [3.05, 3.63) is 23.8 Å². The zero-order valence-electron chi connectivity index (χ0n) is 20.1. The van der Waals surface area contributed by atoms with Gasteiger partial charge in [-0.25, -0.2) is 0 Å². The smallest absolute Gasteiger partial charge is 0.0871 e. The highest BCUT2D eigenvalue weighted by Crippen LogP contribution is 2.23. The Morgan fingerprint density at radius 3 is 2.38 bits per heavy atom. The Kier molecular flexibility index (Phi) is 13.1. The van der Waals surface area contributed by atoms with Crippen LogP contribution >= 0.6 is 0 Å². The van der Waals surface area contributed by atoms with E-state index in [1.165, 1.54) is 31.3 Å². The van der Waals surface area contributed by atoms with Gasteiger partial charge in [-0.3, -0.25) is 0 Å². The Hall–Kier alpha value is -0.640. The molecule has 0 aliphatic heterocycles. The molecule has 0 aromatic heterocycles. The molecule has 1 N–H and O–H groups in total. The number of aliphatic hydroxyl groups is 1. The Labute approximate surface area is 180 Å². The Morgan fingerprint density at radius 2 is 1.69 bits per heavy atom. The van der Waals surface area contributed by atoms with E-state index in [1.54, 1.807) is 0 Å². The second-order valence-corrected chi connectivity index (χ2v) is 10.1. The molecule has 0 aromatic carbocycles. The summed E-state index contributed by atoms with van der Waals surface area (Å²) in [5.41, 5.74) is 1.38. The predicted octanol–water partition coefficient (Wildman–Crippen LogP) is 6.85. The van der Waals surface area contributed by atoms with Crippen LogP contribution in [0, 0.1) is 11.8 Å². The second kappa shape index (κ2) is 14.4. The Morgan fingerprint density at radius 1 is 1.03 bits per heavy atom. The first-order valence-electron chi connectivity index (χ1n) is 11.9. The van der Waals surface area contributed by atoms with Gasteiger partial charge in [0.15, 0.2) is 0 Å².